The number of urea groups is 1. The van der Waals surface area contributed by atoms with Crippen LogP contribution < -0.4 is 24.2 Å². The van der Waals surface area contributed by atoms with Crippen LogP contribution in [0.2, 0.25) is 0 Å². The fraction of sp³-hybridized carbons (Fsp3) is 0.188. The molecule has 1 aromatic heterocycles. The monoisotopic (exact) mass is 756 g/mol. The number of hydrogen-bond acceptors (Lipinski definition) is 13. The Morgan fingerprint density at radius 2 is 1.38 bits per heavy atom. The highest BCUT2D eigenvalue weighted by atomic mass is 32.2. The Balaban J connectivity index is 0.000000257. The first-order chi connectivity index (χ1) is 24.6. The molecule has 0 fully saturated rings. The number of aromatic carboxylic acids is 1. The van der Waals surface area contributed by atoms with Gasteiger partial charge in [-0.25, -0.2) is 40.7 Å². The summed E-state index contributed by atoms with van der Waals surface area (Å²) < 4.78 is 61.5. The summed E-state index contributed by atoms with van der Waals surface area (Å²) in [6, 6.07) is 22.3. The largest absolute Gasteiger partial charge is 0.481 e. The zero-order chi connectivity index (χ0) is 38.1. The molecule has 18 nitrogen and oxygen atoms in total. The average Bonchev–Trinajstić information content (AvgIpc) is 3.58. The van der Waals surface area contributed by atoms with Crippen molar-refractivity contribution in [1.29, 1.82) is 0 Å². The van der Waals surface area contributed by atoms with Crippen LogP contribution in [0.4, 0.5) is 10.7 Å². The molecule has 0 spiro atoms. The van der Waals surface area contributed by atoms with E-state index in [0.717, 1.165) is 29.5 Å². The van der Waals surface area contributed by atoms with Gasteiger partial charge in [-0.3, -0.25) is 5.32 Å². The van der Waals surface area contributed by atoms with Crippen molar-refractivity contribution in [3.05, 3.63) is 107 Å². The number of nitrogens with one attached hydrogen (secondary N) is 3. The van der Waals surface area contributed by atoms with Gasteiger partial charge in [0.15, 0.2) is 11.3 Å². The molecule has 5 N–H and O–H groups in total. The Kier molecular flexibility index (Phi) is 12.1. The number of carbonyl (C=O) groups excluding carboxylic acids is 1. The first-order valence-corrected chi connectivity index (χ1v) is 18.2. The number of anilines is 1. The molecule has 0 bridgehead atoms. The van der Waals surface area contributed by atoms with E-state index in [9.17, 15) is 36.3 Å². The van der Waals surface area contributed by atoms with Crippen molar-refractivity contribution in [2.24, 2.45) is 5.16 Å². The molecule has 4 aromatic rings. The van der Waals surface area contributed by atoms with Gasteiger partial charge >= 0.3 is 18.0 Å². The summed E-state index contributed by atoms with van der Waals surface area (Å²) in [5.74, 6) is -2.92. The molecule has 1 aliphatic rings. The number of carboxylic acids is 2. The van der Waals surface area contributed by atoms with Gasteiger partial charge in [-0.1, -0.05) is 71.9 Å². The molecular weight excluding hydrogens is 725 g/mol. The normalized spacial score (nSPS) is 13.3. The number of methoxy groups -OCH3 is 2. The van der Waals surface area contributed by atoms with Crippen LogP contribution in [-0.2, 0) is 41.8 Å². The summed E-state index contributed by atoms with van der Waals surface area (Å²) in [4.78, 5) is 47.3. The molecule has 2 heterocycles. The molecule has 1 aliphatic heterocycles. The second kappa shape index (κ2) is 16.3. The first kappa shape index (κ1) is 38.7. The van der Waals surface area contributed by atoms with Crippen LogP contribution >= 0.6 is 0 Å². The lowest BCUT2D eigenvalue weighted by Crippen LogP contribution is -2.35. The molecule has 2 amide bonds. The smallest absolute Gasteiger partial charge is 0.353 e. The number of aromatic nitrogens is 2. The highest BCUT2D eigenvalue weighted by molar-refractivity contribution is 7.90. The number of rotatable bonds is 12. The summed E-state index contributed by atoms with van der Waals surface area (Å²) >= 11 is 0. The molecule has 0 radical (unpaired) electrons. The fourth-order valence-corrected chi connectivity index (χ4v) is 6.29. The van der Waals surface area contributed by atoms with Gasteiger partial charge in [-0.05, 0) is 17.7 Å². The van der Waals surface area contributed by atoms with Crippen LogP contribution in [0.25, 0.3) is 0 Å². The third-order valence-electron chi connectivity index (χ3n) is 7.11. The van der Waals surface area contributed by atoms with Crippen LogP contribution in [0.15, 0.2) is 95.0 Å². The van der Waals surface area contributed by atoms with Crippen molar-refractivity contribution in [1.82, 2.24) is 19.4 Å². The van der Waals surface area contributed by atoms with Gasteiger partial charge in [0.2, 0.25) is 27.7 Å². The zero-order valence-corrected chi connectivity index (χ0v) is 29.3. The van der Waals surface area contributed by atoms with Crippen LogP contribution in [0.3, 0.4) is 0 Å². The minimum absolute atomic E-state index is 0.0225. The summed E-state index contributed by atoms with van der Waals surface area (Å²) in [7, 11) is -5.69. The molecule has 3 aromatic carbocycles. The van der Waals surface area contributed by atoms with Crippen molar-refractivity contribution in [3.63, 3.8) is 0 Å². The molecule has 0 atom stereocenters. The van der Waals surface area contributed by atoms with E-state index in [1.54, 1.807) is 4.72 Å². The minimum Gasteiger partial charge on any atom is -0.481 e. The number of oxime groups is 1. The fourth-order valence-electron chi connectivity index (χ4n) is 4.70. The van der Waals surface area contributed by atoms with E-state index in [1.165, 1.54) is 26.4 Å². The lowest BCUT2D eigenvalue weighted by Gasteiger charge is -2.27. The van der Waals surface area contributed by atoms with Crippen LogP contribution in [0.1, 0.15) is 33.5 Å². The summed E-state index contributed by atoms with van der Waals surface area (Å²) in [5.41, 5.74) is 0.487. The molecule has 0 aliphatic carbocycles. The molecule has 0 saturated heterocycles. The third kappa shape index (κ3) is 9.77. The lowest BCUT2D eigenvalue weighted by molar-refractivity contribution is -0.129. The van der Waals surface area contributed by atoms with Gasteiger partial charge < -0.3 is 24.5 Å². The maximum atomic E-state index is 12.7. The molecule has 20 heteroatoms. The highest BCUT2D eigenvalue weighted by Crippen LogP contribution is 2.41. The van der Waals surface area contributed by atoms with Crippen molar-refractivity contribution >= 4 is 49.7 Å². The molecule has 0 saturated carbocycles. The Bertz CT molecular complexity index is 2140. The number of sulfonamides is 2. The SMILES string of the molecule is COc1cc(OC)nc(NC(=O)NS(=O)(=O)c2cc(CNS(C)(=O)=O)ccc2C(=O)O)n1.O=C(O)C1=NOC(c2ccccc2)(c2ccccc2)C1. The Hall–Kier alpha value is -6.12. The maximum Gasteiger partial charge on any atom is 0.353 e. The molecule has 5 rings (SSSR count). The van der Waals surface area contributed by atoms with Gasteiger partial charge in [0.05, 0.1) is 38.5 Å². The second-order valence-electron chi connectivity index (χ2n) is 10.7. The lowest BCUT2D eigenvalue weighted by atomic mass is 9.82. The number of nitrogens with zero attached hydrogens (tertiary/aromatic N) is 3. The highest BCUT2D eigenvalue weighted by Gasteiger charge is 2.44. The number of hydrogen-bond donors (Lipinski definition) is 5. The molecule has 0 unspecified atom stereocenters. The predicted molar refractivity (Wildman–Crippen MR) is 184 cm³/mol. The quantitative estimate of drug-likeness (QED) is 0.139. The van der Waals surface area contributed by atoms with E-state index in [2.05, 4.69) is 25.2 Å². The minimum atomic E-state index is -4.70. The third-order valence-corrected chi connectivity index (χ3v) is 9.15. The average molecular weight is 757 g/mol. The van der Waals surface area contributed by atoms with Crippen LogP contribution in [-0.4, -0.2) is 81.2 Å². The summed E-state index contributed by atoms with van der Waals surface area (Å²) in [5, 5.41) is 24.3. The van der Waals surface area contributed by atoms with Crippen molar-refractivity contribution < 1.29 is 55.7 Å². The van der Waals surface area contributed by atoms with E-state index in [-0.39, 0.29) is 41.9 Å². The van der Waals surface area contributed by atoms with Gasteiger partial charge in [-0.2, -0.15) is 9.97 Å². The van der Waals surface area contributed by atoms with Crippen LogP contribution in [0.5, 0.6) is 11.8 Å². The second-order valence-corrected chi connectivity index (χ2v) is 14.2. The number of benzene rings is 3. The van der Waals surface area contributed by atoms with Crippen LogP contribution in [0, 0.1) is 0 Å². The number of carbonyl (C=O) groups is 3. The van der Waals surface area contributed by atoms with Gasteiger partial charge in [0, 0.05) is 17.7 Å². The van der Waals surface area contributed by atoms with E-state index in [0.29, 0.717) is 0 Å². The van der Waals surface area contributed by atoms with Gasteiger partial charge in [0.1, 0.15) is 4.90 Å². The maximum absolute atomic E-state index is 12.7. The van der Waals surface area contributed by atoms with E-state index >= 15 is 0 Å². The molecule has 52 heavy (non-hydrogen) atoms. The van der Waals surface area contributed by atoms with E-state index in [4.69, 9.17) is 19.4 Å². The van der Waals surface area contributed by atoms with E-state index in [1.807, 2.05) is 60.7 Å². The number of amides is 2. The summed E-state index contributed by atoms with van der Waals surface area (Å²) in [6.07, 6.45) is 1.12. The van der Waals surface area contributed by atoms with Gasteiger partial charge in [-0.15, -0.1) is 0 Å². The number of ether oxygens (including phenoxy) is 2. The van der Waals surface area contributed by atoms with Gasteiger partial charge in [0.25, 0.3) is 10.0 Å². The zero-order valence-electron chi connectivity index (χ0n) is 27.6. The molecule has 274 valence electrons. The number of aliphatic carboxylic acids is 1. The predicted octanol–water partition coefficient (Wildman–Crippen LogP) is 2.54. The van der Waals surface area contributed by atoms with Crippen molar-refractivity contribution in [2.75, 3.05) is 25.8 Å². The van der Waals surface area contributed by atoms with Crippen molar-refractivity contribution in [2.45, 2.75) is 23.5 Å². The summed E-state index contributed by atoms with van der Waals surface area (Å²) in [6.45, 7) is -0.301. The topological polar surface area (TPSA) is 262 Å². The number of carboxylic acid groups (broad SMARTS) is 2. The standard InChI is InChI=1S/C16H19N5O9S2.C16H13NO3/c1-29-12-7-13(30-2)19-15(18-12)20-16(24)21-32(27,28)11-6-9(8-17-31(3,25)26)4-5-10(11)14(22)23;18-15(19)14-11-16(20-17-14,12-7-3-1-4-8-12)13-9-5-2-6-10-13/h4-7,17H,8H2,1-3H3,(H,22,23)(H2,18,19,20,21,24);1-10H,11H2,(H,18,19). The Labute approximate surface area is 297 Å². The Morgan fingerprint density at radius 3 is 1.85 bits per heavy atom. The van der Waals surface area contributed by atoms with E-state index < -0.39 is 54.1 Å². The Morgan fingerprint density at radius 1 is 0.827 bits per heavy atom. The first-order valence-electron chi connectivity index (χ1n) is 14.8. The van der Waals surface area contributed by atoms with Crippen molar-refractivity contribution in [3.8, 4) is 11.8 Å². The molecular formula is C32H32N6O12S2.